The zero-order valence-electron chi connectivity index (χ0n) is 24.1. The van der Waals surface area contributed by atoms with E-state index < -0.39 is 0 Å². The van der Waals surface area contributed by atoms with Gasteiger partial charge in [0, 0.05) is 54.9 Å². The number of ether oxygens (including phenoxy) is 1. The minimum Gasteiger partial charge on any atom is -0.508 e. The van der Waals surface area contributed by atoms with E-state index in [2.05, 4.69) is 40.5 Å². The minimum atomic E-state index is -0.255. The summed E-state index contributed by atoms with van der Waals surface area (Å²) >= 11 is 0. The number of nitrogens with zero attached hydrogens (tertiary/aromatic N) is 7. The molecule has 1 N–H and O–H groups in total. The van der Waals surface area contributed by atoms with Crippen LogP contribution >= 0.6 is 0 Å². The number of benzene rings is 2. The Labute approximate surface area is 246 Å². The second kappa shape index (κ2) is 11.9. The molecule has 10 nitrogen and oxygen atoms in total. The lowest BCUT2D eigenvalue weighted by Gasteiger charge is -2.42. The van der Waals surface area contributed by atoms with E-state index in [-0.39, 0.29) is 24.1 Å². The molecule has 2 atom stereocenters. The fourth-order valence-corrected chi connectivity index (χ4v) is 6.55. The van der Waals surface area contributed by atoms with Crippen LogP contribution in [0.15, 0.2) is 49.1 Å². The summed E-state index contributed by atoms with van der Waals surface area (Å²) < 4.78 is 6.26. The van der Waals surface area contributed by atoms with Crippen molar-refractivity contribution >= 4 is 28.2 Å². The SMILES string of the molecule is C=CC(=O)N1CCN(c2nc(OCC3CCCN3C)nc3c2CCN(c2cc(O)cc4ccccc24)C3)CC1CC#N. The molecule has 0 radical (unpaired) electrons. The number of aromatic nitrogens is 2. The van der Waals surface area contributed by atoms with Crippen LogP contribution in [0.5, 0.6) is 11.8 Å². The summed E-state index contributed by atoms with van der Waals surface area (Å²) in [5.74, 6) is 0.903. The van der Waals surface area contributed by atoms with E-state index in [0.717, 1.165) is 65.9 Å². The van der Waals surface area contributed by atoms with E-state index in [9.17, 15) is 15.2 Å². The van der Waals surface area contributed by atoms with Gasteiger partial charge in [0.1, 0.15) is 18.2 Å². The lowest BCUT2D eigenvalue weighted by atomic mass is 10.0. The molecule has 3 aliphatic rings. The number of nitriles is 1. The standard InChI is InChI=1S/C32H37N7O3/c1-3-30(41)39-16-15-38(19-23(39)10-12-33)31-27-11-14-37(29-18-25(40)17-22-7-4-5-9-26(22)29)20-28(27)34-32(35-31)42-21-24-8-6-13-36(24)2/h3-5,7,9,17-18,23-24,40H,1,6,8,10-11,13-16,19-21H2,2H3. The third kappa shape index (κ3) is 5.44. The second-order valence-electron chi connectivity index (χ2n) is 11.4. The van der Waals surface area contributed by atoms with Crippen molar-refractivity contribution in [3.05, 3.63) is 60.3 Å². The van der Waals surface area contributed by atoms with Crippen LogP contribution in [-0.4, -0.2) is 89.2 Å². The number of amides is 1. The van der Waals surface area contributed by atoms with Gasteiger partial charge < -0.3 is 29.4 Å². The van der Waals surface area contributed by atoms with E-state index in [1.165, 1.54) is 6.08 Å². The maximum atomic E-state index is 12.5. The highest BCUT2D eigenvalue weighted by Crippen LogP contribution is 2.37. The van der Waals surface area contributed by atoms with Gasteiger partial charge in [0.05, 0.1) is 30.8 Å². The number of carbonyl (C=O) groups excluding carboxylic acids is 1. The van der Waals surface area contributed by atoms with Gasteiger partial charge in [-0.1, -0.05) is 30.8 Å². The molecule has 218 valence electrons. The third-order valence-corrected chi connectivity index (χ3v) is 8.83. The molecular formula is C32H37N7O3. The molecule has 4 heterocycles. The van der Waals surface area contributed by atoms with Gasteiger partial charge in [0.2, 0.25) is 5.91 Å². The van der Waals surface area contributed by atoms with Gasteiger partial charge in [-0.15, -0.1) is 0 Å². The molecule has 2 aromatic carbocycles. The lowest BCUT2D eigenvalue weighted by molar-refractivity contribution is -0.128. The first kappa shape index (κ1) is 27.8. The van der Waals surface area contributed by atoms with E-state index in [4.69, 9.17) is 14.7 Å². The first-order chi connectivity index (χ1) is 20.4. The molecule has 3 aliphatic heterocycles. The molecule has 1 amide bonds. The van der Waals surface area contributed by atoms with Gasteiger partial charge >= 0.3 is 6.01 Å². The number of carbonyl (C=O) groups is 1. The molecule has 0 bridgehead atoms. The van der Waals surface area contributed by atoms with Crippen molar-refractivity contribution in [1.29, 1.82) is 5.26 Å². The number of rotatable bonds is 7. The molecule has 6 rings (SSSR count). The van der Waals surface area contributed by atoms with Crippen LogP contribution in [0.1, 0.15) is 30.5 Å². The van der Waals surface area contributed by atoms with Gasteiger partial charge in [-0.05, 0) is 50.4 Å². The van der Waals surface area contributed by atoms with Crippen LogP contribution in [0, 0.1) is 11.3 Å². The molecule has 0 saturated carbocycles. The van der Waals surface area contributed by atoms with E-state index in [1.807, 2.05) is 24.3 Å². The summed E-state index contributed by atoms with van der Waals surface area (Å²) in [6.07, 6.45) is 4.51. The van der Waals surface area contributed by atoms with Gasteiger partial charge in [-0.3, -0.25) is 4.79 Å². The zero-order valence-corrected chi connectivity index (χ0v) is 24.1. The first-order valence-electron chi connectivity index (χ1n) is 14.7. The molecule has 10 heteroatoms. The average molecular weight is 568 g/mol. The highest BCUT2D eigenvalue weighted by molar-refractivity contribution is 5.95. The van der Waals surface area contributed by atoms with Gasteiger partial charge in [-0.25, -0.2) is 0 Å². The van der Waals surface area contributed by atoms with Crippen molar-refractivity contribution in [1.82, 2.24) is 19.8 Å². The normalized spacial score (nSPS) is 20.8. The average Bonchev–Trinajstić information content (AvgIpc) is 3.42. The van der Waals surface area contributed by atoms with Crippen LogP contribution < -0.4 is 14.5 Å². The summed E-state index contributed by atoms with van der Waals surface area (Å²) in [5, 5.41) is 22.1. The lowest BCUT2D eigenvalue weighted by Crippen LogP contribution is -2.55. The Morgan fingerprint density at radius 3 is 2.81 bits per heavy atom. The number of hydrogen-bond acceptors (Lipinski definition) is 9. The van der Waals surface area contributed by atoms with Crippen molar-refractivity contribution < 1.29 is 14.6 Å². The minimum absolute atomic E-state index is 0.154. The number of aromatic hydroxyl groups is 1. The Balaban J connectivity index is 1.34. The fraction of sp³-hybridized carbons (Fsp3) is 0.438. The summed E-state index contributed by atoms with van der Waals surface area (Å²) in [6.45, 7) is 8.10. The zero-order chi connectivity index (χ0) is 29.2. The van der Waals surface area contributed by atoms with Crippen LogP contribution in [0.2, 0.25) is 0 Å². The van der Waals surface area contributed by atoms with Gasteiger partial charge in [0.15, 0.2) is 0 Å². The largest absolute Gasteiger partial charge is 0.508 e. The number of anilines is 2. The number of phenolic OH excluding ortho intramolecular Hbond substituents is 1. The summed E-state index contributed by atoms with van der Waals surface area (Å²) in [4.78, 5) is 30.9. The fourth-order valence-electron chi connectivity index (χ4n) is 6.55. The molecule has 2 fully saturated rings. The van der Waals surface area contributed by atoms with Crippen LogP contribution in [0.25, 0.3) is 10.8 Å². The van der Waals surface area contributed by atoms with E-state index in [0.29, 0.717) is 44.8 Å². The Kier molecular flexibility index (Phi) is 7.85. The Morgan fingerprint density at radius 1 is 1.17 bits per heavy atom. The van der Waals surface area contributed by atoms with E-state index in [1.54, 1.807) is 11.0 Å². The Morgan fingerprint density at radius 2 is 2.02 bits per heavy atom. The first-order valence-corrected chi connectivity index (χ1v) is 14.7. The maximum Gasteiger partial charge on any atom is 0.318 e. The maximum absolute atomic E-state index is 12.5. The monoisotopic (exact) mass is 567 g/mol. The van der Waals surface area contributed by atoms with Crippen LogP contribution in [0.3, 0.4) is 0 Å². The van der Waals surface area contributed by atoms with Gasteiger partial charge in [-0.2, -0.15) is 15.2 Å². The number of likely N-dealkylation sites (tertiary alicyclic amines) is 1. The summed E-state index contributed by atoms with van der Waals surface area (Å²) in [7, 11) is 2.12. The Hall–Kier alpha value is -4.36. The number of piperazine rings is 1. The molecule has 1 aromatic heterocycles. The van der Waals surface area contributed by atoms with Crippen molar-refractivity contribution in [2.75, 3.05) is 56.2 Å². The van der Waals surface area contributed by atoms with Crippen LogP contribution in [0.4, 0.5) is 11.5 Å². The molecule has 2 unspecified atom stereocenters. The number of fused-ring (bicyclic) bond motifs is 2. The summed E-state index contributed by atoms with van der Waals surface area (Å²) in [6, 6.07) is 14.4. The van der Waals surface area contributed by atoms with Crippen molar-refractivity contribution in [3.8, 4) is 17.8 Å². The topological polar surface area (TPSA) is 109 Å². The number of likely N-dealkylation sites (N-methyl/N-ethyl adjacent to an activating group) is 1. The quantitative estimate of drug-likeness (QED) is 0.429. The molecular weight excluding hydrogens is 530 g/mol. The van der Waals surface area contributed by atoms with Crippen molar-refractivity contribution in [2.24, 2.45) is 0 Å². The molecule has 2 saturated heterocycles. The van der Waals surface area contributed by atoms with Crippen LogP contribution in [-0.2, 0) is 17.8 Å². The van der Waals surface area contributed by atoms with Crippen molar-refractivity contribution in [3.63, 3.8) is 0 Å². The Bertz CT molecular complexity index is 1540. The summed E-state index contributed by atoms with van der Waals surface area (Å²) in [5.41, 5.74) is 2.94. The molecule has 42 heavy (non-hydrogen) atoms. The second-order valence-corrected chi connectivity index (χ2v) is 11.4. The number of hydrogen-bond donors (Lipinski definition) is 1. The predicted octanol–water partition coefficient (Wildman–Crippen LogP) is 3.49. The molecule has 0 spiro atoms. The predicted molar refractivity (Wildman–Crippen MR) is 162 cm³/mol. The molecule has 0 aliphatic carbocycles. The van der Waals surface area contributed by atoms with E-state index >= 15 is 0 Å². The number of phenols is 1. The highest BCUT2D eigenvalue weighted by atomic mass is 16.5. The third-order valence-electron chi connectivity index (χ3n) is 8.83. The molecule has 3 aromatic rings. The smallest absolute Gasteiger partial charge is 0.318 e. The van der Waals surface area contributed by atoms with Gasteiger partial charge in [0.25, 0.3) is 0 Å². The highest BCUT2D eigenvalue weighted by Gasteiger charge is 2.33. The van der Waals surface area contributed by atoms with Crippen molar-refractivity contribution in [2.45, 2.75) is 44.3 Å².